The zero-order chi connectivity index (χ0) is 20.8. The molecule has 0 aliphatic heterocycles. The molecule has 1 amide bonds. The first-order chi connectivity index (χ1) is 14.7. The van der Waals surface area contributed by atoms with E-state index in [2.05, 4.69) is 39.8 Å². The number of methoxy groups -OCH3 is 1. The average Bonchev–Trinajstić information content (AvgIpc) is 3.53. The Morgan fingerprint density at radius 3 is 2.47 bits per heavy atom. The summed E-state index contributed by atoms with van der Waals surface area (Å²) in [5, 5.41) is 11.7. The van der Waals surface area contributed by atoms with E-state index in [0.29, 0.717) is 11.7 Å². The van der Waals surface area contributed by atoms with E-state index in [-0.39, 0.29) is 11.9 Å². The third kappa shape index (κ3) is 6.00. The van der Waals surface area contributed by atoms with Gasteiger partial charge in [-0.1, -0.05) is 77.3 Å². The number of hydrogen-bond donors (Lipinski definition) is 1. The van der Waals surface area contributed by atoms with Crippen molar-refractivity contribution in [3.63, 3.8) is 0 Å². The molecule has 5 nitrogen and oxygen atoms in total. The van der Waals surface area contributed by atoms with Gasteiger partial charge in [-0.2, -0.15) is 0 Å². The van der Waals surface area contributed by atoms with E-state index >= 15 is 0 Å². The van der Waals surface area contributed by atoms with Crippen molar-refractivity contribution in [3.8, 4) is 5.75 Å². The summed E-state index contributed by atoms with van der Waals surface area (Å²) in [5.41, 5.74) is 2.39. The van der Waals surface area contributed by atoms with Crippen molar-refractivity contribution in [1.82, 2.24) is 15.5 Å². The lowest BCUT2D eigenvalue weighted by atomic mass is 10.0. The van der Waals surface area contributed by atoms with Crippen LogP contribution in [-0.2, 0) is 10.5 Å². The number of aromatic nitrogens is 2. The van der Waals surface area contributed by atoms with Crippen LogP contribution < -0.4 is 10.1 Å². The Kier molecular flexibility index (Phi) is 7.30. The molecule has 0 saturated heterocycles. The Morgan fingerprint density at radius 2 is 1.80 bits per heavy atom. The number of nitrogens with one attached hydrogen (secondary N) is 1. The zero-order valence-corrected chi connectivity index (χ0v) is 19.1. The van der Waals surface area contributed by atoms with Gasteiger partial charge in [0.15, 0.2) is 8.68 Å². The van der Waals surface area contributed by atoms with Gasteiger partial charge in [-0.25, -0.2) is 0 Å². The Hall–Kier alpha value is -2.03. The number of amides is 1. The van der Waals surface area contributed by atoms with E-state index in [1.807, 2.05) is 30.3 Å². The molecule has 8 heteroatoms. The number of carbonyl (C=O) groups excluding carboxylic acids is 1. The molecular weight excluding hydrogens is 434 g/mol. The molecule has 0 bridgehead atoms. The highest BCUT2D eigenvalue weighted by atomic mass is 32.2. The minimum Gasteiger partial charge on any atom is -0.497 e. The maximum absolute atomic E-state index is 12.5. The average molecular weight is 458 g/mol. The van der Waals surface area contributed by atoms with Crippen molar-refractivity contribution in [2.24, 2.45) is 5.92 Å². The van der Waals surface area contributed by atoms with Crippen LogP contribution in [0.5, 0.6) is 5.75 Å². The molecule has 1 heterocycles. The molecule has 1 aliphatic rings. The molecule has 1 fully saturated rings. The Labute approximate surface area is 189 Å². The largest absolute Gasteiger partial charge is 0.497 e. The number of nitrogens with zero attached hydrogens (tertiary/aromatic N) is 2. The number of benzene rings is 2. The second kappa shape index (κ2) is 10.3. The van der Waals surface area contributed by atoms with Gasteiger partial charge in [0.25, 0.3) is 0 Å². The fourth-order valence-electron chi connectivity index (χ4n) is 3.09. The van der Waals surface area contributed by atoms with Crippen molar-refractivity contribution in [2.75, 3.05) is 12.9 Å². The van der Waals surface area contributed by atoms with Gasteiger partial charge in [-0.3, -0.25) is 4.79 Å². The maximum atomic E-state index is 12.5. The topological polar surface area (TPSA) is 64.1 Å². The summed E-state index contributed by atoms with van der Waals surface area (Å²) in [6, 6.07) is 18.4. The summed E-state index contributed by atoms with van der Waals surface area (Å²) in [4.78, 5) is 12.5. The molecule has 4 rings (SSSR count). The number of hydrogen-bond acceptors (Lipinski definition) is 7. The number of thioether (sulfide) groups is 2. The van der Waals surface area contributed by atoms with Crippen molar-refractivity contribution >= 4 is 40.8 Å². The predicted molar refractivity (Wildman–Crippen MR) is 123 cm³/mol. The molecule has 1 saturated carbocycles. The zero-order valence-electron chi connectivity index (χ0n) is 16.6. The predicted octanol–water partition coefficient (Wildman–Crippen LogP) is 5.20. The highest BCUT2D eigenvalue weighted by molar-refractivity contribution is 8.03. The summed E-state index contributed by atoms with van der Waals surface area (Å²) in [6.45, 7) is 0. The van der Waals surface area contributed by atoms with Crippen LogP contribution in [0.3, 0.4) is 0 Å². The number of rotatable bonds is 10. The van der Waals surface area contributed by atoms with Gasteiger partial charge in [0, 0.05) is 5.75 Å². The molecule has 1 aromatic heterocycles. The molecular formula is C22H23N3O2S3. The van der Waals surface area contributed by atoms with Gasteiger partial charge in [0.2, 0.25) is 5.91 Å². The second-order valence-electron chi connectivity index (χ2n) is 7.05. The number of ether oxygens (including phenoxy) is 1. The summed E-state index contributed by atoms with van der Waals surface area (Å²) in [5.74, 6) is 2.64. The van der Waals surface area contributed by atoms with Gasteiger partial charge >= 0.3 is 0 Å². The highest BCUT2D eigenvalue weighted by Crippen LogP contribution is 2.41. The monoisotopic (exact) mass is 457 g/mol. The molecule has 3 aromatic rings. The normalized spacial score (nSPS) is 14.3. The van der Waals surface area contributed by atoms with Gasteiger partial charge in [0.05, 0.1) is 18.9 Å². The van der Waals surface area contributed by atoms with E-state index < -0.39 is 0 Å². The summed E-state index contributed by atoms with van der Waals surface area (Å²) in [7, 11) is 1.66. The molecule has 1 N–H and O–H groups in total. The Morgan fingerprint density at radius 1 is 1.10 bits per heavy atom. The van der Waals surface area contributed by atoms with Crippen molar-refractivity contribution in [1.29, 1.82) is 0 Å². The van der Waals surface area contributed by atoms with Crippen LogP contribution >= 0.6 is 34.9 Å². The molecule has 30 heavy (non-hydrogen) atoms. The first-order valence-electron chi connectivity index (χ1n) is 9.77. The van der Waals surface area contributed by atoms with E-state index in [9.17, 15) is 4.79 Å². The van der Waals surface area contributed by atoms with Gasteiger partial charge in [-0.15, -0.1) is 10.2 Å². The minimum absolute atomic E-state index is 0.0448. The minimum atomic E-state index is 0.0448. The van der Waals surface area contributed by atoms with Gasteiger partial charge in [0.1, 0.15) is 5.75 Å². The van der Waals surface area contributed by atoms with Gasteiger partial charge < -0.3 is 10.1 Å². The Bertz CT molecular complexity index is 959. The summed E-state index contributed by atoms with van der Waals surface area (Å²) >= 11 is 4.64. The van der Waals surface area contributed by atoms with Crippen LogP contribution in [0.1, 0.15) is 30.0 Å². The van der Waals surface area contributed by atoms with Crippen LogP contribution in [0.4, 0.5) is 0 Å². The van der Waals surface area contributed by atoms with Crippen LogP contribution in [0.25, 0.3) is 0 Å². The first-order valence-corrected chi connectivity index (χ1v) is 12.6. The van der Waals surface area contributed by atoms with Crippen molar-refractivity contribution in [3.05, 3.63) is 65.7 Å². The van der Waals surface area contributed by atoms with E-state index in [1.54, 1.807) is 18.9 Å². The molecule has 156 valence electrons. The lowest BCUT2D eigenvalue weighted by molar-refractivity contribution is -0.119. The van der Waals surface area contributed by atoms with Crippen LogP contribution in [-0.4, -0.2) is 29.0 Å². The van der Waals surface area contributed by atoms with E-state index in [1.165, 1.54) is 47.1 Å². The lowest BCUT2D eigenvalue weighted by Crippen LogP contribution is -2.31. The molecule has 0 spiro atoms. The molecule has 1 aliphatic carbocycles. The standard InChI is InChI=1S/C22H23N3O2S3/c1-27-18-11-7-15(8-12-18)13-28-21-24-25-22(30-21)29-14-19(26)23-20(17-9-10-17)16-5-3-2-4-6-16/h2-8,11-12,17,20H,9-10,13-14H2,1H3,(H,23,26). The van der Waals surface area contributed by atoms with Crippen molar-refractivity contribution < 1.29 is 9.53 Å². The van der Waals surface area contributed by atoms with E-state index in [4.69, 9.17) is 4.74 Å². The van der Waals surface area contributed by atoms with Crippen LogP contribution in [0, 0.1) is 5.92 Å². The van der Waals surface area contributed by atoms with Gasteiger partial charge in [-0.05, 0) is 42.0 Å². The fraction of sp³-hybridized carbons (Fsp3) is 0.318. The highest BCUT2D eigenvalue weighted by Gasteiger charge is 2.33. The summed E-state index contributed by atoms with van der Waals surface area (Å²) < 4.78 is 6.92. The number of carbonyl (C=O) groups is 1. The second-order valence-corrected chi connectivity index (χ2v) is 10.5. The van der Waals surface area contributed by atoms with Crippen LogP contribution in [0.2, 0.25) is 0 Å². The fourth-order valence-corrected chi connectivity index (χ4v) is 5.87. The van der Waals surface area contributed by atoms with Crippen LogP contribution in [0.15, 0.2) is 63.3 Å². The third-order valence-electron chi connectivity index (χ3n) is 4.80. The van der Waals surface area contributed by atoms with E-state index in [0.717, 1.165) is 20.2 Å². The third-order valence-corrected chi connectivity index (χ3v) is 8.07. The maximum Gasteiger partial charge on any atom is 0.230 e. The molecule has 0 radical (unpaired) electrons. The summed E-state index contributed by atoms with van der Waals surface area (Å²) in [6.07, 6.45) is 2.36. The lowest BCUT2D eigenvalue weighted by Gasteiger charge is -2.18. The molecule has 1 atom stereocenters. The Balaban J connectivity index is 1.25. The quantitative estimate of drug-likeness (QED) is 0.422. The SMILES string of the molecule is COc1ccc(CSc2nnc(SCC(=O)NC(c3ccccc3)C3CC3)s2)cc1. The molecule has 1 unspecified atom stereocenters. The van der Waals surface area contributed by atoms with Crippen molar-refractivity contribution in [2.45, 2.75) is 33.3 Å². The molecule has 2 aromatic carbocycles. The smallest absolute Gasteiger partial charge is 0.230 e. The first kappa shape index (κ1) is 21.2.